The van der Waals surface area contributed by atoms with Crippen LogP contribution in [0.1, 0.15) is 32.6 Å². The summed E-state index contributed by atoms with van der Waals surface area (Å²) in [7, 11) is 0. The molecule has 2 fully saturated rings. The third kappa shape index (κ3) is 3.56. The van der Waals surface area contributed by atoms with E-state index >= 15 is 0 Å². The highest BCUT2D eigenvalue weighted by atomic mass is 79.9. The molecule has 0 radical (unpaired) electrons. The summed E-state index contributed by atoms with van der Waals surface area (Å²) in [5.74, 6) is 2.27. The Labute approximate surface area is 162 Å². The van der Waals surface area contributed by atoms with Crippen LogP contribution in [0.2, 0.25) is 0 Å². The maximum absolute atomic E-state index is 12.8. The number of piperidine rings is 2. The van der Waals surface area contributed by atoms with Crippen LogP contribution in [-0.4, -0.2) is 47.0 Å². The van der Waals surface area contributed by atoms with Crippen molar-refractivity contribution in [3.8, 4) is 0 Å². The first kappa shape index (κ1) is 17.7. The van der Waals surface area contributed by atoms with E-state index in [-0.39, 0.29) is 5.92 Å². The second-order valence-corrected chi connectivity index (χ2v) is 8.54. The lowest BCUT2D eigenvalue weighted by Gasteiger charge is -2.37. The summed E-state index contributed by atoms with van der Waals surface area (Å²) in [4.78, 5) is 26.1. The molecule has 0 aliphatic carbocycles. The van der Waals surface area contributed by atoms with Crippen molar-refractivity contribution in [3.05, 3.63) is 29.0 Å². The van der Waals surface area contributed by atoms with E-state index in [2.05, 4.69) is 48.7 Å². The van der Waals surface area contributed by atoms with E-state index in [1.807, 2.05) is 12.1 Å². The topological polar surface area (TPSA) is 49.3 Å². The zero-order valence-electron chi connectivity index (χ0n) is 15.2. The van der Waals surface area contributed by atoms with Crippen LogP contribution in [0.3, 0.4) is 0 Å². The van der Waals surface area contributed by atoms with Crippen LogP contribution in [-0.2, 0) is 4.79 Å². The minimum absolute atomic E-state index is 0.166. The Morgan fingerprint density at radius 1 is 1.08 bits per heavy atom. The Hall–Kier alpha value is -1.69. The number of hydrogen-bond donors (Lipinski definition) is 0. The molecule has 0 spiro atoms. The first-order chi connectivity index (χ1) is 12.6. The van der Waals surface area contributed by atoms with Gasteiger partial charge < -0.3 is 9.80 Å². The maximum Gasteiger partial charge on any atom is 0.225 e. The summed E-state index contributed by atoms with van der Waals surface area (Å²) < 4.78 is 1.03. The van der Waals surface area contributed by atoms with Gasteiger partial charge in [0, 0.05) is 42.0 Å². The van der Waals surface area contributed by atoms with Crippen molar-refractivity contribution < 1.29 is 4.79 Å². The number of carbonyl (C=O) groups excluding carboxylic acids is 1. The Morgan fingerprint density at radius 2 is 1.81 bits per heavy atom. The van der Waals surface area contributed by atoms with Crippen molar-refractivity contribution in [2.75, 3.05) is 31.1 Å². The second kappa shape index (κ2) is 7.51. The van der Waals surface area contributed by atoms with E-state index in [0.717, 1.165) is 79.0 Å². The lowest BCUT2D eigenvalue weighted by molar-refractivity contribution is -0.137. The molecule has 0 bridgehead atoms. The lowest BCUT2D eigenvalue weighted by Crippen LogP contribution is -2.45. The minimum atomic E-state index is 0.166. The Kier molecular flexibility index (Phi) is 5.11. The molecule has 0 unspecified atom stereocenters. The summed E-state index contributed by atoms with van der Waals surface area (Å²) in [5, 5.41) is 1.07. The fourth-order valence-corrected chi connectivity index (χ4v) is 4.45. The fraction of sp³-hybridized carbons (Fsp3) is 0.550. The molecular weight excluding hydrogens is 392 g/mol. The molecule has 2 aromatic rings. The van der Waals surface area contributed by atoms with Crippen LogP contribution in [0.15, 0.2) is 29.0 Å². The summed E-state index contributed by atoms with van der Waals surface area (Å²) in [6.45, 7) is 5.90. The zero-order chi connectivity index (χ0) is 18.1. The molecule has 2 aliphatic rings. The number of hydrogen-bond acceptors (Lipinski definition) is 4. The number of benzene rings is 1. The number of likely N-dealkylation sites (tertiary alicyclic amines) is 1. The van der Waals surface area contributed by atoms with Gasteiger partial charge >= 0.3 is 0 Å². The number of anilines is 1. The van der Waals surface area contributed by atoms with Crippen molar-refractivity contribution in [1.29, 1.82) is 0 Å². The largest absolute Gasteiger partial charge is 0.356 e. The van der Waals surface area contributed by atoms with Gasteiger partial charge in [-0.3, -0.25) is 4.79 Å². The molecule has 6 heteroatoms. The van der Waals surface area contributed by atoms with E-state index in [1.54, 1.807) is 6.33 Å². The van der Waals surface area contributed by atoms with Gasteiger partial charge in [0.1, 0.15) is 12.1 Å². The van der Waals surface area contributed by atoms with E-state index in [9.17, 15) is 4.79 Å². The molecule has 1 aromatic heterocycles. The Balaban J connectivity index is 1.44. The van der Waals surface area contributed by atoms with Crippen LogP contribution in [0.4, 0.5) is 5.82 Å². The molecular formula is C20H25BrN4O. The predicted molar refractivity (Wildman–Crippen MR) is 107 cm³/mol. The van der Waals surface area contributed by atoms with Crippen LogP contribution in [0.5, 0.6) is 0 Å². The number of aromatic nitrogens is 2. The molecule has 2 aliphatic heterocycles. The van der Waals surface area contributed by atoms with Crippen LogP contribution in [0.25, 0.3) is 10.9 Å². The molecule has 1 aromatic carbocycles. The maximum atomic E-state index is 12.8. The van der Waals surface area contributed by atoms with Gasteiger partial charge in [-0.05, 0) is 49.8 Å². The first-order valence-electron chi connectivity index (χ1n) is 9.56. The number of rotatable bonds is 2. The van der Waals surface area contributed by atoms with Crippen LogP contribution >= 0.6 is 15.9 Å². The van der Waals surface area contributed by atoms with E-state index in [4.69, 9.17) is 0 Å². The SMILES string of the molecule is CC1CCN(C(=O)C2CCN(c3ncnc4ccc(Br)cc34)CC2)CC1. The van der Waals surface area contributed by atoms with Gasteiger partial charge in [-0.25, -0.2) is 9.97 Å². The standard InChI is InChI=1S/C20H25BrN4O/c1-14-4-8-25(9-5-14)20(26)15-6-10-24(11-7-15)19-17-12-16(21)2-3-18(17)22-13-23-19/h2-3,12-15H,4-11H2,1H3. The smallest absolute Gasteiger partial charge is 0.225 e. The van der Waals surface area contributed by atoms with Crippen LogP contribution < -0.4 is 4.90 Å². The van der Waals surface area contributed by atoms with Crippen LogP contribution in [0, 0.1) is 11.8 Å². The van der Waals surface area contributed by atoms with Crippen molar-refractivity contribution >= 4 is 38.6 Å². The highest BCUT2D eigenvalue weighted by molar-refractivity contribution is 9.10. The molecule has 2 saturated heterocycles. The van der Waals surface area contributed by atoms with Gasteiger partial charge in [-0.1, -0.05) is 22.9 Å². The highest BCUT2D eigenvalue weighted by Gasteiger charge is 2.31. The predicted octanol–water partition coefficient (Wildman–Crippen LogP) is 3.87. The average molecular weight is 417 g/mol. The summed E-state index contributed by atoms with van der Waals surface area (Å²) in [6.07, 6.45) is 5.74. The third-order valence-corrected chi connectivity index (χ3v) is 6.31. The molecule has 5 nitrogen and oxygen atoms in total. The van der Waals surface area contributed by atoms with Gasteiger partial charge in [-0.15, -0.1) is 0 Å². The molecule has 1 amide bonds. The lowest BCUT2D eigenvalue weighted by atomic mass is 9.92. The van der Waals surface area contributed by atoms with Gasteiger partial charge in [0.05, 0.1) is 5.52 Å². The summed E-state index contributed by atoms with van der Waals surface area (Å²) in [5.41, 5.74) is 0.957. The van der Waals surface area contributed by atoms with Gasteiger partial charge in [0.25, 0.3) is 0 Å². The highest BCUT2D eigenvalue weighted by Crippen LogP contribution is 2.30. The average Bonchev–Trinajstić information content (AvgIpc) is 2.68. The quantitative estimate of drug-likeness (QED) is 0.745. The minimum Gasteiger partial charge on any atom is -0.356 e. The molecule has 0 atom stereocenters. The van der Waals surface area contributed by atoms with E-state index < -0.39 is 0 Å². The number of halogens is 1. The summed E-state index contributed by atoms with van der Waals surface area (Å²) >= 11 is 3.54. The van der Waals surface area contributed by atoms with Crippen molar-refractivity contribution in [2.24, 2.45) is 11.8 Å². The monoisotopic (exact) mass is 416 g/mol. The van der Waals surface area contributed by atoms with Gasteiger partial charge in [0.15, 0.2) is 0 Å². The van der Waals surface area contributed by atoms with Gasteiger partial charge in [0.2, 0.25) is 5.91 Å². The third-order valence-electron chi connectivity index (χ3n) is 5.82. The Morgan fingerprint density at radius 3 is 2.54 bits per heavy atom. The number of fused-ring (bicyclic) bond motifs is 1. The van der Waals surface area contributed by atoms with Crippen molar-refractivity contribution in [2.45, 2.75) is 32.6 Å². The zero-order valence-corrected chi connectivity index (χ0v) is 16.8. The second-order valence-electron chi connectivity index (χ2n) is 7.63. The Bertz CT molecular complexity index is 795. The molecule has 138 valence electrons. The normalized spacial score (nSPS) is 19.9. The fourth-order valence-electron chi connectivity index (χ4n) is 4.09. The first-order valence-corrected chi connectivity index (χ1v) is 10.3. The molecule has 0 saturated carbocycles. The molecule has 3 heterocycles. The van der Waals surface area contributed by atoms with Gasteiger partial charge in [-0.2, -0.15) is 0 Å². The van der Waals surface area contributed by atoms with E-state index in [0.29, 0.717) is 5.91 Å². The van der Waals surface area contributed by atoms with E-state index in [1.165, 1.54) is 0 Å². The summed E-state index contributed by atoms with van der Waals surface area (Å²) in [6, 6.07) is 6.10. The number of amides is 1. The van der Waals surface area contributed by atoms with Crippen molar-refractivity contribution in [3.63, 3.8) is 0 Å². The molecule has 26 heavy (non-hydrogen) atoms. The molecule has 4 rings (SSSR count). The van der Waals surface area contributed by atoms with Crippen molar-refractivity contribution in [1.82, 2.24) is 14.9 Å². The molecule has 0 N–H and O–H groups in total. The number of carbonyl (C=O) groups is 1. The number of nitrogens with zero attached hydrogens (tertiary/aromatic N) is 4.